The molecule has 1 aliphatic rings. The molecule has 29 heavy (non-hydrogen) atoms. The molecular formula is C20H19F4N2O3+. The number of benzene rings is 1. The standard InChI is InChI=1S/C20H18F4N2O3/c21-16-4-1-13(2-5-16)17(27)12-29-19(28)14-7-9-26(10-8-14)18-6-3-15(11-25-18)20(22,23)24/h1-6,11,14H,7-10,12H2/p+1. The normalized spacial score (nSPS) is 15.2. The van der Waals surface area contributed by atoms with Crippen LogP contribution >= 0.6 is 0 Å². The number of rotatable bonds is 5. The summed E-state index contributed by atoms with van der Waals surface area (Å²) in [6, 6.07) is 7.33. The number of Topliss-reactive ketones (excluding diaryl/α,β-unsaturated/α-hetero) is 1. The Labute approximate surface area is 164 Å². The highest BCUT2D eigenvalue weighted by Gasteiger charge is 2.34. The average molecular weight is 411 g/mol. The van der Waals surface area contributed by atoms with Crippen molar-refractivity contribution in [3.05, 3.63) is 59.5 Å². The van der Waals surface area contributed by atoms with E-state index in [4.69, 9.17) is 4.74 Å². The largest absolute Gasteiger partial charge is 0.457 e. The SMILES string of the molecule is O=C(COC(=O)C1CCN(c2ccc(C(F)(F)F)c[nH+]2)CC1)c1ccc(F)cc1. The minimum atomic E-state index is -4.41. The third kappa shape index (κ3) is 5.30. The number of esters is 1. The van der Waals surface area contributed by atoms with Gasteiger partial charge >= 0.3 is 12.1 Å². The molecule has 0 bridgehead atoms. The first-order valence-electron chi connectivity index (χ1n) is 9.03. The molecule has 2 heterocycles. The summed E-state index contributed by atoms with van der Waals surface area (Å²) in [6.07, 6.45) is -2.58. The molecule has 0 amide bonds. The summed E-state index contributed by atoms with van der Waals surface area (Å²) in [5, 5.41) is 0. The van der Waals surface area contributed by atoms with Crippen molar-refractivity contribution >= 4 is 17.6 Å². The van der Waals surface area contributed by atoms with Gasteiger partial charge in [-0.25, -0.2) is 9.37 Å². The number of anilines is 1. The van der Waals surface area contributed by atoms with Gasteiger partial charge in [0.1, 0.15) is 12.0 Å². The molecule has 1 aromatic carbocycles. The fourth-order valence-corrected chi connectivity index (χ4v) is 3.12. The van der Waals surface area contributed by atoms with E-state index in [9.17, 15) is 27.2 Å². The van der Waals surface area contributed by atoms with E-state index in [0.717, 1.165) is 24.4 Å². The van der Waals surface area contributed by atoms with Crippen molar-refractivity contribution in [2.24, 2.45) is 5.92 Å². The van der Waals surface area contributed by atoms with Crippen molar-refractivity contribution in [3.8, 4) is 0 Å². The number of aromatic nitrogens is 1. The van der Waals surface area contributed by atoms with E-state index in [1.165, 1.54) is 18.2 Å². The van der Waals surface area contributed by atoms with Crippen molar-refractivity contribution in [1.82, 2.24) is 0 Å². The maximum absolute atomic E-state index is 12.9. The van der Waals surface area contributed by atoms with Crippen molar-refractivity contribution in [1.29, 1.82) is 0 Å². The number of piperidine rings is 1. The molecule has 2 aromatic rings. The molecule has 0 unspecified atom stereocenters. The summed E-state index contributed by atoms with van der Waals surface area (Å²) in [6.45, 7) is 0.512. The molecule has 5 nitrogen and oxygen atoms in total. The number of pyridine rings is 1. The molecule has 3 rings (SSSR count). The number of carbonyl (C=O) groups excluding carboxylic acids is 2. The van der Waals surface area contributed by atoms with Gasteiger partial charge < -0.3 is 4.74 Å². The molecule has 0 saturated carbocycles. The summed E-state index contributed by atoms with van der Waals surface area (Å²) < 4.78 is 55.9. The fourth-order valence-electron chi connectivity index (χ4n) is 3.12. The lowest BCUT2D eigenvalue weighted by atomic mass is 9.97. The van der Waals surface area contributed by atoms with Gasteiger partial charge in [-0.2, -0.15) is 13.2 Å². The first-order chi connectivity index (χ1) is 13.7. The molecular weight excluding hydrogens is 392 g/mol. The zero-order chi connectivity index (χ0) is 21.0. The minimum Gasteiger partial charge on any atom is -0.457 e. The molecule has 0 aliphatic carbocycles. The van der Waals surface area contributed by atoms with Gasteiger partial charge in [0.15, 0.2) is 12.4 Å². The fraction of sp³-hybridized carbons (Fsp3) is 0.350. The molecule has 0 radical (unpaired) electrons. The number of ether oxygens (including phenoxy) is 1. The van der Waals surface area contributed by atoms with Gasteiger partial charge in [-0.15, -0.1) is 0 Å². The van der Waals surface area contributed by atoms with E-state index in [2.05, 4.69) is 4.98 Å². The van der Waals surface area contributed by atoms with Gasteiger partial charge in [0.25, 0.3) is 5.82 Å². The number of hydrogen-bond acceptors (Lipinski definition) is 4. The van der Waals surface area contributed by atoms with Crippen LogP contribution in [0.4, 0.5) is 23.4 Å². The number of alkyl halides is 3. The number of nitrogens with zero attached hydrogens (tertiary/aromatic N) is 1. The van der Waals surface area contributed by atoms with Crippen molar-refractivity contribution in [3.63, 3.8) is 0 Å². The predicted molar refractivity (Wildman–Crippen MR) is 94.6 cm³/mol. The maximum Gasteiger partial charge on any atom is 0.419 e. The van der Waals surface area contributed by atoms with E-state index in [1.54, 1.807) is 0 Å². The van der Waals surface area contributed by atoms with Crippen LogP contribution in [0.15, 0.2) is 42.6 Å². The monoisotopic (exact) mass is 411 g/mol. The number of hydrogen-bond donors (Lipinski definition) is 0. The van der Waals surface area contributed by atoms with Gasteiger partial charge in [-0.1, -0.05) is 0 Å². The summed E-state index contributed by atoms with van der Waals surface area (Å²) in [4.78, 5) is 28.7. The lowest BCUT2D eigenvalue weighted by Gasteiger charge is -2.26. The highest BCUT2D eigenvalue weighted by molar-refractivity contribution is 5.97. The number of halogens is 4. The molecule has 9 heteroatoms. The van der Waals surface area contributed by atoms with Crippen LogP contribution in [0.1, 0.15) is 28.8 Å². The van der Waals surface area contributed by atoms with E-state index >= 15 is 0 Å². The molecule has 1 aliphatic heterocycles. The second-order valence-corrected chi connectivity index (χ2v) is 6.76. The number of aromatic amines is 1. The van der Waals surface area contributed by atoms with Crippen LogP contribution in [-0.2, 0) is 15.7 Å². The van der Waals surface area contributed by atoms with Gasteiger partial charge in [0, 0.05) is 11.6 Å². The smallest absolute Gasteiger partial charge is 0.419 e. The summed E-state index contributed by atoms with van der Waals surface area (Å²) in [5.74, 6) is -1.22. The highest BCUT2D eigenvalue weighted by Crippen LogP contribution is 2.29. The van der Waals surface area contributed by atoms with Crippen molar-refractivity contribution in [2.75, 3.05) is 24.6 Å². The molecule has 1 saturated heterocycles. The molecule has 1 N–H and O–H groups in total. The Morgan fingerprint density at radius 3 is 2.28 bits per heavy atom. The van der Waals surface area contributed by atoms with Crippen molar-refractivity contribution < 1.29 is 36.9 Å². The van der Waals surface area contributed by atoms with Crippen LogP contribution in [0, 0.1) is 11.7 Å². The second kappa shape index (κ2) is 8.59. The van der Waals surface area contributed by atoms with E-state index in [1.807, 2.05) is 4.90 Å². The lowest BCUT2D eigenvalue weighted by Crippen LogP contribution is -2.39. The van der Waals surface area contributed by atoms with Crippen LogP contribution < -0.4 is 9.88 Å². The van der Waals surface area contributed by atoms with E-state index in [0.29, 0.717) is 31.7 Å². The number of H-pyrrole nitrogens is 1. The highest BCUT2D eigenvalue weighted by atomic mass is 19.4. The quantitative estimate of drug-likeness (QED) is 0.430. The Kier molecular flexibility index (Phi) is 6.14. The Bertz CT molecular complexity index is 859. The minimum absolute atomic E-state index is 0.256. The molecule has 1 fully saturated rings. The molecule has 1 aromatic heterocycles. The second-order valence-electron chi connectivity index (χ2n) is 6.76. The Hall–Kier alpha value is -2.97. The molecule has 0 atom stereocenters. The molecule has 0 spiro atoms. The summed E-state index contributed by atoms with van der Waals surface area (Å²) >= 11 is 0. The zero-order valence-electron chi connectivity index (χ0n) is 15.3. The third-order valence-electron chi connectivity index (χ3n) is 4.80. The Morgan fingerprint density at radius 2 is 1.72 bits per heavy atom. The lowest BCUT2D eigenvalue weighted by molar-refractivity contribution is -0.367. The first kappa shape index (κ1) is 20.8. The maximum atomic E-state index is 12.9. The van der Waals surface area contributed by atoms with Crippen LogP contribution in [-0.4, -0.2) is 31.4 Å². The Morgan fingerprint density at radius 1 is 1.07 bits per heavy atom. The first-order valence-corrected chi connectivity index (χ1v) is 9.03. The number of carbonyl (C=O) groups is 2. The topological polar surface area (TPSA) is 60.8 Å². The zero-order valence-corrected chi connectivity index (χ0v) is 15.3. The number of nitrogens with one attached hydrogen (secondary N) is 1. The van der Waals surface area contributed by atoms with E-state index < -0.39 is 35.9 Å². The number of ketones is 1. The van der Waals surface area contributed by atoms with Crippen LogP contribution in [0.25, 0.3) is 0 Å². The average Bonchev–Trinajstić information content (AvgIpc) is 2.72. The Balaban J connectivity index is 1.48. The van der Waals surface area contributed by atoms with Crippen LogP contribution in [0.5, 0.6) is 0 Å². The summed E-state index contributed by atoms with van der Waals surface area (Å²) in [5.41, 5.74) is -0.502. The van der Waals surface area contributed by atoms with Crippen molar-refractivity contribution in [2.45, 2.75) is 19.0 Å². The van der Waals surface area contributed by atoms with Gasteiger partial charge in [-0.3, -0.25) is 14.5 Å². The van der Waals surface area contributed by atoms with E-state index in [-0.39, 0.29) is 11.5 Å². The van der Waals surface area contributed by atoms with Gasteiger partial charge in [-0.05, 0) is 43.2 Å². The van der Waals surface area contributed by atoms with Gasteiger partial charge in [0.2, 0.25) is 0 Å². The third-order valence-corrected chi connectivity index (χ3v) is 4.80. The van der Waals surface area contributed by atoms with Crippen LogP contribution in [0.3, 0.4) is 0 Å². The predicted octanol–water partition coefficient (Wildman–Crippen LogP) is 3.30. The van der Waals surface area contributed by atoms with Gasteiger partial charge in [0.05, 0.1) is 24.6 Å². The van der Waals surface area contributed by atoms with Crippen LogP contribution in [0.2, 0.25) is 0 Å². The summed E-state index contributed by atoms with van der Waals surface area (Å²) in [7, 11) is 0. The molecule has 154 valence electrons.